The standard InChI is InChI=1S/C23H28Cl2N2O2S/c1-4-12-26-23(29)21(5-2)27(14-17-8-11-19(24)20(25)13-17)22(28)15-30-18-9-6-16(3)7-10-18/h6-11,13,21H,4-5,12,14-15H2,1-3H3,(H,26,29)/t21-/m1/s1. The maximum atomic E-state index is 13.2. The Labute approximate surface area is 193 Å². The first-order valence-electron chi connectivity index (χ1n) is 10.1. The first kappa shape index (κ1) is 24.6. The molecule has 0 bridgehead atoms. The number of rotatable bonds is 10. The largest absolute Gasteiger partial charge is 0.354 e. The average Bonchev–Trinajstić information content (AvgIpc) is 2.74. The van der Waals surface area contributed by atoms with Gasteiger partial charge in [-0.15, -0.1) is 11.8 Å². The van der Waals surface area contributed by atoms with Gasteiger partial charge in [-0.3, -0.25) is 9.59 Å². The SMILES string of the molecule is CCCNC(=O)[C@@H](CC)N(Cc1ccc(Cl)c(Cl)c1)C(=O)CSc1ccc(C)cc1. The highest BCUT2D eigenvalue weighted by atomic mass is 35.5. The van der Waals surface area contributed by atoms with Crippen molar-refractivity contribution in [3.05, 3.63) is 63.6 Å². The van der Waals surface area contributed by atoms with Gasteiger partial charge < -0.3 is 10.2 Å². The second kappa shape index (κ2) is 12.2. The number of nitrogens with zero attached hydrogens (tertiary/aromatic N) is 1. The maximum absolute atomic E-state index is 13.2. The summed E-state index contributed by atoms with van der Waals surface area (Å²) in [7, 11) is 0. The minimum Gasteiger partial charge on any atom is -0.354 e. The lowest BCUT2D eigenvalue weighted by atomic mass is 10.1. The van der Waals surface area contributed by atoms with Gasteiger partial charge >= 0.3 is 0 Å². The summed E-state index contributed by atoms with van der Waals surface area (Å²) >= 11 is 13.7. The van der Waals surface area contributed by atoms with Gasteiger partial charge in [0.1, 0.15) is 6.04 Å². The molecule has 7 heteroatoms. The highest BCUT2D eigenvalue weighted by Gasteiger charge is 2.28. The van der Waals surface area contributed by atoms with E-state index in [-0.39, 0.29) is 17.6 Å². The number of halogens is 2. The first-order valence-corrected chi connectivity index (χ1v) is 11.8. The van der Waals surface area contributed by atoms with E-state index in [2.05, 4.69) is 5.32 Å². The van der Waals surface area contributed by atoms with E-state index < -0.39 is 6.04 Å². The first-order chi connectivity index (χ1) is 14.3. The molecular weight excluding hydrogens is 439 g/mol. The van der Waals surface area contributed by atoms with Gasteiger partial charge in [-0.2, -0.15) is 0 Å². The number of amides is 2. The summed E-state index contributed by atoms with van der Waals surface area (Å²) in [4.78, 5) is 28.6. The Morgan fingerprint density at radius 1 is 1.07 bits per heavy atom. The molecule has 0 saturated carbocycles. The fourth-order valence-electron chi connectivity index (χ4n) is 2.98. The van der Waals surface area contributed by atoms with Crippen molar-refractivity contribution in [2.24, 2.45) is 0 Å². The molecule has 1 atom stereocenters. The van der Waals surface area contributed by atoms with Crippen LogP contribution in [0.4, 0.5) is 0 Å². The van der Waals surface area contributed by atoms with Crippen LogP contribution in [0.2, 0.25) is 10.0 Å². The molecule has 0 saturated heterocycles. The summed E-state index contributed by atoms with van der Waals surface area (Å²) in [6.07, 6.45) is 1.37. The van der Waals surface area contributed by atoms with Crippen molar-refractivity contribution in [3.63, 3.8) is 0 Å². The summed E-state index contributed by atoms with van der Waals surface area (Å²) < 4.78 is 0. The van der Waals surface area contributed by atoms with Crippen LogP contribution in [0.5, 0.6) is 0 Å². The Morgan fingerprint density at radius 3 is 2.37 bits per heavy atom. The van der Waals surface area contributed by atoms with E-state index in [1.54, 1.807) is 17.0 Å². The van der Waals surface area contributed by atoms with E-state index in [4.69, 9.17) is 23.2 Å². The van der Waals surface area contributed by atoms with Crippen LogP contribution in [0.25, 0.3) is 0 Å². The van der Waals surface area contributed by atoms with Crippen molar-refractivity contribution in [2.45, 2.75) is 51.1 Å². The van der Waals surface area contributed by atoms with Crippen molar-refractivity contribution in [1.82, 2.24) is 10.2 Å². The molecule has 0 aliphatic rings. The van der Waals surface area contributed by atoms with E-state index in [1.807, 2.05) is 51.1 Å². The molecule has 0 unspecified atom stereocenters. The molecule has 0 aliphatic heterocycles. The zero-order chi connectivity index (χ0) is 22.1. The van der Waals surface area contributed by atoms with Gasteiger partial charge in [0.05, 0.1) is 15.8 Å². The van der Waals surface area contributed by atoms with Crippen LogP contribution in [0.1, 0.15) is 37.8 Å². The van der Waals surface area contributed by atoms with Crippen molar-refractivity contribution in [2.75, 3.05) is 12.3 Å². The number of hydrogen-bond donors (Lipinski definition) is 1. The van der Waals surface area contributed by atoms with Crippen LogP contribution in [0.3, 0.4) is 0 Å². The predicted molar refractivity (Wildman–Crippen MR) is 126 cm³/mol. The molecule has 2 rings (SSSR count). The summed E-state index contributed by atoms with van der Waals surface area (Å²) in [6.45, 7) is 6.82. The Bertz CT molecular complexity index is 859. The molecule has 1 N–H and O–H groups in total. The topological polar surface area (TPSA) is 49.4 Å². The average molecular weight is 467 g/mol. The van der Waals surface area contributed by atoms with Crippen LogP contribution in [0, 0.1) is 6.92 Å². The molecule has 0 aliphatic carbocycles. The summed E-state index contributed by atoms with van der Waals surface area (Å²) in [6, 6.07) is 12.8. The minimum atomic E-state index is -0.544. The lowest BCUT2D eigenvalue weighted by molar-refractivity contribution is -0.139. The van der Waals surface area contributed by atoms with Gasteiger partial charge in [0.2, 0.25) is 11.8 Å². The fraction of sp³-hybridized carbons (Fsp3) is 0.391. The maximum Gasteiger partial charge on any atom is 0.242 e. The molecular formula is C23H28Cl2N2O2S. The number of benzene rings is 2. The highest BCUT2D eigenvalue weighted by molar-refractivity contribution is 8.00. The fourth-order valence-corrected chi connectivity index (χ4v) is 4.09. The summed E-state index contributed by atoms with van der Waals surface area (Å²) in [5, 5.41) is 3.81. The van der Waals surface area contributed by atoms with Crippen LogP contribution in [0.15, 0.2) is 47.4 Å². The minimum absolute atomic E-state index is 0.0925. The lowest BCUT2D eigenvalue weighted by Gasteiger charge is -2.30. The van der Waals surface area contributed by atoms with Crippen LogP contribution < -0.4 is 5.32 Å². The van der Waals surface area contributed by atoms with Gasteiger partial charge in [-0.1, -0.05) is 60.8 Å². The third-order valence-electron chi connectivity index (χ3n) is 4.66. The number of thioether (sulfide) groups is 1. The van der Waals surface area contributed by atoms with Crippen LogP contribution >= 0.6 is 35.0 Å². The number of hydrogen-bond acceptors (Lipinski definition) is 3. The molecule has 2 aromatic carbocycles. The van der Waals surface area contributed by atoms with Crippen LogP contribution in [-0.4, -0.2) is 35.1 Å². The third-order valence-corrected chi connectivity index (χ3v) is 6.39. The highest BCUT2D eigenvalue weighted by Crippen LogP contribution is 2.25. The van der Waals surface area contributed by atoms with E-state index >= 15 is 0 Å². The molecule has 0 radical (unpaired) electrons. The van der Waals surface area contributed by atoms with Crippen molar-refractivity contribution >= 4 is 46.8 Å². The van der Waals surface area contributed by atoms with Gasteiger partial charge in [0.25, 0.3) is 0 Å². The molecule has 30 heavy (non-hydrogen) atoms. The van der Waals surface area contributed by atoms with Gasteiger partial charge in [-0.25, -0.2) is 0 Å². The molecule has 0 aromatic heterocycles. The van der Waals surface area contributed by atoms with Crippen LogP contribution in [-0.2, 0) is 16.1 Å². The smallest absolute Gasteiger partial charge is 0.242 e. The number of carbonyl (C=O) groups excluding carboxylic acids is 2. The second-order valence-corrected chi connectivity index (χ2v) is 8.95. The lowest BCUT2D eigenvalue weighted by Crippen LogP contribution is -2.49. The molecule has 0 fully saturated rings. The molecule has 4 nitrogen and oxygen atoms in total. The summed E-state index contributed by atoms with van der Waals surface area (Å²) in [5.41, 5.74) is 2.00. The van der Waals surface area contributed by atoms with E-state index in [9.17, 15) is 9.59 Å². The third kappa shape index (κ3) is 7.22. The predicted octanol–water partition coefficient (Wildman–Crippen LogP) is 5.73. The Hall–Kier alpha value is -1.69. The zero-order valence-electron chi connectivity index (χ0n) is 17.6. The molecule has 2 amide bonds. The normalized spacial score (nSPS) is 11.8. The monoisotopic (exact) mass is 466 g/mol. The zero-order valence-corrected chi connectivity index (χ0v) is 19.9. The van der Waals surface area contributed by atoms with Gasteiger partial charge in [0.15, 0.2) is 0 Å². The van der Waals surface area contributed by atoms with Gasteiger partial charge in [0, 0.05) is 18.0 Å². The Morgan fingerprint density at radius 2 is 1.77 bits per heavy atom. The summed E-state index contributed by atoms with van der Waals surface area (Å²) in [5.74, 6) is 0.0281. The molecule has 0 heterocycles. The van der Waals surface area contributed by atoms with Crippen molar-refractivity contribution in [1.29, 1.82) is 0 Å². The Kier molecular flexibility index (Phi) is 10.0. The number of carbonyl (C=O) groups is 2. The van der Waals surface area contributed by atoms with E-state index in [0.717, 1.165) is 16.9 Å². The van der Waals surface area contributed by atoms with E-state index in [1.165, 1.54) is 17.3 Å². The second-order valence-electron chi connectivity index (χ2n) is 7.09. The molecule has 2 aromatic rings. The number of nitrogens with one attached hydrogen (secondary N) is 1. The van der Waals surface area contributed by atoms with E-state index in [0.29, 0.717) is 29.6 Å². The quantitative estimate of drug-likeness (QED) is 0.454. The Balaban J connectivity index is 2.21. The number of aryl methyl sites for hydroxylation is 1. The molecule has 0 spiro atoms. The van der Waals surface area contributed by atoms with Crippen molar-refractivity contribution in [3.8, 4) is 0 Å². The van der Waals surface area contributed by atoms with Gasteiger partial charge in [-0.05, 0) is 49.6 Å². The molecule has 162 valence electrons. The van der Waals surface area contributed by atoms with Crippen molar-refractivity contribution < 1.29 is 9.59 Å².